The third-order valence-corrected chi connectivity index (χ3v) is 4.71. The molecule has 0 saturated carbocycles. The topological polar surface area (TPSA) is 102 Å². The van der Waals surface area contributed by atoms with E-state index in [9.17, 15) is 9.90 Å². The SMILES string of the molecule is CSc1nc(-c2cccc(C)n2)c2c(N)c(C(=O)O)sc2n1. The highest BCUT2D eigenvalue weighted by atomic mass is 32.2. The third kappa shape index (κ3) is 2.40. The zero-order chi connectivity index (χ0) is 15.9. The fraction of sp³-hybridized carbons (Fsp3) is 0.143. The van der Waals surface area contributed by atoms with E-state index in [2.05, 4.69) is 15.0 Å². The first-order valence-electron chi connectivity index (χ1n) is 6.32. The number of rotatable bonds is 3. The van der Waals surface area contributed by atoms with Crippen molar-refractivity contribution >= 4 is 45.0 Å². The molecule has 3 rings (SSSR count). The summed E-state index contributed by atoms with van der Waals surface area (Å²) in [6.07, 6.45) is 1.86. The predicted octanol–water partition coefficient (Wildman–Crippen LogP) is 3.06. The molecular weight excluding hydrogens is 320 g/mol. The smallest absolute Gasteiger partial charge is 0.348 e. The van der Waals surface area contributed by atoms with E-state index in [0.717, 1.165) is 17.0 Å². The Balaban J connectivity index is 2.39. The highest BCUT2D eigenvalue weighted by Crippen LogP contribution is 2.38. The van der Waals surface area contributed by atoms with Crippen molar-refractivity contribution in [3.05, 3.63) is 28.8 Å². The molecule has 112 valence electrons. The van der Waals surface area contributed by atoms with E-state index in [4.69, 9.17) is 5.73 Å². The standard InChI is InChI=1S/C14H12N4O2S2/c1-6-4-3-5-7(16-6)10-8-9(15)11(13(19)20)22-12(8)18-14(17-10)21-2/h3-5H,15H2,1-2H3,(H,19,20). The molecule has 8 heteroatoms. The van der Waals surface area contributed by atoms with E-state index in [1.165, 1.54) is 11.8 Å². The van der Waals surface area contributed by atoms with Gasteiger partial charge in [-0.3, -0.25) is 4.98 Å². The number of hydrogen-bond donors (Lipinski definition) is 2. The van der Waals surface area contributed by atoms with Gasteiger partial charge in [0.1, 0.15) is 15.4 Å². The number of fused-ring (bicyclic) bond motifs is 1. The van der Waals surface area contributed by atoms with Crippen LogP contribution >= 0.6 is 23.1 Å². The molecule has 3 aromatic rings. The maximum absolute atomic E-state index is 11.3. The van der Waals surface area contributed by atoms with Crippen molar-refractivity contribution in [1.82, 2.24) is 15.0 Å². The van der Waals surface area contributed by atoms with E-state index in [0.29, 0.717) is 26.8 Å². The van der Waals surface area contributed by atoms with E-state index in [1.807, 2.05) is 31.4 Å². The van der Waals surface area contributed by atoms with Crippen molar-refractivity contribution < 1.29 is 9.90 Å². The number of pyridine rings is 1. The van der Waals surface area contributed by atoms with E-state index in [1.54, 1.807) is 0 Å². The minimum atomic E-state index is -1.06. The number of thiophene rings is 1. The lowest BCUT2D eigenvalue weighted by atomic mass is 10.1. The molecule has 0 aliphatic heterocycles. The van der Waals surface area contributed by atoms with Crippen LogP contribution in [-0.2, 0) is 0 Å². The zero-order valence-corrected chi connectivity index (χ0v) is 13.5. The second kappa shape index (κ2) is 5.54. The second-order valence-corrected chi connectivity index (χ2v) is 6.33. The Labute approximate surface area is 134 Å². The lowest BCUT2D eigenvalue weighted by Crippen LogP contribution is -1.99. The van der Waals surface area contributed by atoms with E-state index >= 15 is 0 Å². The van der Waals surface area contributed by atoms with Crippen molar-refractivity contribution in [2.45, 2.75) is 12.1 Å². The molecule has 0 amide bonds. The average Bonchev–Trinajstić information content (AvgIpc) is 2.83. The monoisotopic (exact) mass is 332 g/mol. The van der Waals surface area contributed by atoms with Gasteiger partial charge >= 0.3 is 5.97 Å². The lowest BCUT2D eigenvalue weighted by Gasteiger charge is -2.06. The number of nitrogens with two attached hydrogens (primary N) is 1. The van der Waals surface area contributed by atoms with Crippen molar-refractivity contribution in [2.24, 2.45) is 0 Å². The van der Waals surface area contributed by atoms with E-state index < -0.39 is 5.97 Å². The zero-order valence-electron chi connectivity index (χ0n) is 11.8. The Morgan fingerprint density at radius 3 is 2.73 bits per heavy atom. The average molecular weight is 332 g/mol. The Morgan fingerprint density at radius 1 is 1.32 bits per heavy atom. The fourth-order valence-electron chi connectivity index (χ4n) is 2.11. The Kier molecular flexibility index (Phi) is 3.71. The molecule has 0 radical (unpaired) electrons. The molecule has 0 unspecified atom stereocenters. The second-order valence-electron chi connectivity index (χ2n) is 4.55. The van der Waals surface area contributed by atoms with Gasteiger partial charge in [-0.05, 0) is 25.3 Å². The summed E-state index contributed by atoms with van der Waals surface area (Å²) < 4.78 is 0. The first-order chi connectivity index (χ1) is 10.5. The molecule has 0 aromatic carbocycles. The van der Waals surface area contributed by atoms with Crippen molar-refractivity contribution in [2.75, 3.05) is 12.0 Å². The summed E-state index contributed by atoms with van der Waals surface area (Å²) in [5, 5.41) is 10.4. The Morgan fingerprint density at radius 2 is 2.09 bits per heavy atom. The van der Waals surface area contributed by atoms with Crippen LogP contribution in [0.3, 0.4) is 0 Å². The van der Waals surface area contributed by atoms with Gasteiger partial charge in [0.25, 0.3) is 0 Å². The minimum absolute atomic E-state index is 0.0801. The summed E-state index contributed by atoms with van der Waals surface area (Å²) in [6.45, 7) is 1.89. The van der Waals surface area contributed by atoms with Crippen molar-refractivity contribution in [3.8, 4) is 11.4 Å². The quantitative estimate of drug-likeness (QED) is 0.561. The molecule has 3 N–H and O–H groups in total. The normalized spacial score (nSPS) is 11.0. The number of thioether (sulfide) groups is 1. The van der Waals surface area contributed by atoms with Gasteiger partial charge in [-0.2, -0.15) is 0 Å². The highest BCUT2D eigenvalue weighted by molar-refractivity contribution is 7.98. The number of carboxylic acids is 1. The molecule has 22 heavy (non-hydrogen) atoms. The number of anilines is 1. The minimum Gasteiger partial charge on any atom is -0.477 e. The maximum atomic E-state index is 11.3. The third-order valence-electron chi connectivity index (χ3n) is 3.08. The number of nitrogens with zero attached hydrogens (tertiary/aromatic N) is 3. The molecule has 0 fully saturated rings. The van der Waals surface area contributed by atoms with Crippen LogP contribution in [0.1, 0.15) is 15.4 Å². The molecule has 0 saturated heterocycles. The van der Waals surface area contributed by atoms with Gasteiger partial charge in [-0.15, -0.1) is 11.3 Å². The first-order valence-corrected chi connectivity index (χ1v) is 8.36. The van der Waals surface area contributed by atoms with Crippen LogP contribution < -0.4 is 5.73 Å². The van der Waals surface area contributed by atoms with Crippen LogP contribution in [0.5, 0.6) is 0 Å². The number of aromatic nitrogens is 3. The van der Waals surface area contributed by atoms with E-state index in [-0.39, 0.29) is 10.6 Å². The summed E-state index contributed by atoms with van der Waals surface area (Å²) in [5.41, 5.74) is 8.29. The highest BCUT2D eigenvalue weighted by Gasteiger charge is 2.22. The van der Waals surface area contributed by atoms with Gasteiger partial charge in [0.15, 0.2) is 5.16 Å². The molecule has 3 heterocycles. The molecule has 3 aromatic heterocycles. The van der Waals surface area contributed by atoms with Gasteiger partial charge in [0, 0.05) is 5.69 Å². The summed E-state index contributed by atoms with van der Waals surface area (Å²) in [7, 11) is 0. The molecule has 0 atom stereocenters. The number of carbonyl (C=O) groups is 1. The summed E-state index contributed by atoms with van der Waals surface area (Å²) in [5.74, 6) is -1.06. The van der Waals surface area contributed by atoms with Crippen molar-refractivity contribution in [3.63, 3.8) is 0 Å². The van der Waals surface area contributed by atoms with Crippen LogP contribution in [0.2, 0.25) is 0 Å². The fourth-order valence-corrected chi connectivity index (χ4v) is 3.47. The number of aryl methyl sites for hydroxylation is 1. The molecule has 0 aliphatic carbocycles. The summed E-state index contributed by atoms with van der Waals surface area (Å²) in [4.78, 5) is 25.3. The Hall–Kier alpha value is -2.19. The number of hydrogen-bond acceptors (Lipinski definition) is 7. The van der Waals surface area contributed by atoms with Gasteiger partial charge in [-0.1, -0.05) is 17.8 Å². The molecule has 6 nitrogen and oxygen atoms in total. The van der Waals surface area contributed by atoms with Crippen LogP contribution in [0.15, 0.2) is 23.4 Å². The molecule has 0 spiro atoms. The number of aromatic carboxylic acids is 1. The van der Waals surface area contributed by atoms with Crippen LogP contribution in [0.4, 0.5) is 5.69 Å². The first kappa shape index (κ1) is 14.7. The largest absolute Gasteiger partial charge is 0.477 e. The van der Waals surface area contributed by atoms with Gasteiger partial charge in [-0.25, -0.2) is 14.8 Å². The Bertz CT molecular complexity index is 892. The van der Waals surface area contributed by atoms with Gasteiger partial charge in [0.2, 0.25) is 0 Å². The van der Waals surface area contributed by atoms with Crippen LogP contribution in [-0.4, -0.2) is 32.3 Å². The summed E-state index contributed by atoms with van der Waals surface area (Å²) in [6, 6.07) is 5.60. The molecule has 0 bridgehead atoms. The number of carboxylic acid groups (broad SMARTS) is 1. The van der Waals surface area contributed by atoms with Crippen LogP contribution in [0, 0.1) is 6.92 Å². The van der Waals surface area contributed by atoms with Gasteiger partial charge in [0.05, 0.1) is 16.8 Å². The number of nitrogen functional groups attached to an aromatic ring is 1. The van der Waals surface area contributed by atoms with Crippen LogP contribution in [0.25, 0.3) is 21.6 Å². The predicted molar refractivity (Wildman–Crippen MR) is 88.5 cm³/mol. The molecular formula is C14H12N4O2S2. The lowest BCUT2D eigenvalue weighted by molar-refractivity contribution is 0.0703. The maximum Gasteiger partial charge on any atom is 0.348 e. The van der Waals surface area contributed by atoms with Crippen molar-refractivity contribution in [1.29, 1.82) is 0 Å². The van der Waals surface area contributed by atoms with Gasteiger partial charge < -0.3 is 10.8 Å². The summed E-state index contributed by atoms with van der Waals surface area (Å²) >= 11 is 2.45. The molecule has 0 aliphatic rings.